The molecule has 2 nitrogen and oxygen atoms in total. The molecule has 0 aromatic heterocycles. The Morgan fingerprint density at radius 3 is 2.47 bits per heavy atom. The van der Waals surface area contributed by atoms with Gasteiger partial charge in [-0.2, -0.15) is 0 Å². The van der Waals surface area contributed by atoms with Gasteiger partial charge in [0.2, 0.25) is 0 Å². The van der Waals surface area contributed by atoms with E-state index in [1.165, 1.54) is 11.1 Å². The molecule has 0 spiro atoms. The van der Waals surface area contributed by atoms with E-state index in [4.69, 9.17) is 11.5 Å². The number of hydrogen-bond acceptors (Lipinski definition) is 2. The first-order valence-corrected chi connectivity index (χ1v) is 6.13. The Morgan fingerprint density at radius 2 is 1.88 bits per heavy atom. The second kappa shape index (κ2) is 10.1. The van der Waals surface area contributed by atoms with Crippen LogP contribution in [-0.2, 0) is 0 Å². The lowest BCUT2D eigenvalue weighted by Gasteiger charge is -2.07. The Morgan fingerprint density at radius 1 is 1.24 bits per heavy atom. The number of aliphatic hydroxyl groups excluding tert-OH is 2. The highest BCUT2D eigenvalue weighted by Crippen LogP contribution is 2.12. The minimum atomic E-state index is -0.376. The number of rotatable bonds is 8. The highest BCUT2D eigenvalue weighted by Gasteiger charge is 2.01. The Hall–Kier alpha value is -1.04. The fourth-order valence-electron chi connectivity index (χ4n) is 1.54. The summed E-state index contributed by atoms with van der Waals surface area (Å²) in [6, 6.07) is 0. The molecule has 0 aliphatic heterocycles. The summed E-state index contributed by atoms with van der Waals surface area (Å²) < 4.78 is 0. The van der Waals surface area contributed by atoms with Gasteiger partial charge >= 0.3 is 0 Å². The summed E-state index contributed by atoms with van der Waals surface area (Å²) in [5.74, 6) is 2.46. The zero-order valence-electron chi connectivity index (χ0n) is 10.9. The highest BCUT2D eigenvalue weighted by atomic mass is 16.3. The Balaban J connectivity index is 3.80. The predicted octanol–water partition coefficient (Wildman–Crippen LogP) is 2.82. The number of allylic oxidation sites excluding steroid dienone is 3. The maximum absolute atomic E-state index is 9.48. The van der Waals surface area contributed by atoms with Gasteiger partial charge in [0.1, 0.15) is 0 Å². The zero-order chi connectivity index (χ0) is 13.1. The summed E-state index contributed by atoms with van der Waals surface area (Å²) in [4.78, 5) is 0. The van der Waals surface area contributed by atoms with E-state index in [1.54, 1.807) is 0 Å². The van der Waals surface area contributed by atoms with E-state index in [0.717, 1.165) is 25.7 Å². The van der Waals surface area contributed by atoms with Gasteiger partial charge in [-0.1, -0.05) is 23.3 Å². The van der Waals surface area contributed by atoms with Crippen molar-refractivity contribution in [2.45, 2.75) is 52.1 Å². The van der Waals surface area contributed by atoms with Crippen LogP contribution in [-0.4, -0.2) is 22.9 Å². The fraction of sp³-hybridized carbons (Fsp3) is 0.600. The molecular formula is C15H24O2. The van der Waals surface area contributed by atoms with Gasteiger partial charge in [-0.15, -0.1) is 12.3 Å². The van der Waals surface area contributed by atoms with E-state index in [9.17, 15) is 5.11 Å². The highest BCUT2D eigenvalue weighted by molar-refractivity contribution is 5.04. The van der Waals surface area contributed by atoms with Crippen molar-refractivity contribution in [2.75, 3.05) is 6.61 Å². The van der Waals surface area contributed by atoms with Crippen LogP contribution in [0.25, 0.3) is 0 Å². The molecular weight excluding hydrogens is 212 g/mol. The van der Waals surface area contributed by atoms with Crippen molar-refractivity contribution in [3.05, 3.63) is 23.3 Å². The molecule has 1 unspecified atom stereocenters. The van der Waals surface area contributed by atoms with Crippen LogP contribution in [0.15, 0.2) is 23.3 Å². The molecule has 1 atom stereocenters. The summed E-state index contributed by atoms with van der Waals surface area (Å²) in [5.41, 5.74) is 2.50. The van der Waals surface area contributed by atoms with Crippen LogP contribution in [0.3, 0.4) is 0 Å². The Labute approximate surface area is 105 Å². The standard InChI is InChI=1S/C15H24O2/c1-4-6-15(17)10-9-13(2)7-5-8-14(3)11-12-16/h1,7,11,15-17H,5-6,8-10,12H2,2-3H3. The maximum atomic E-state index is 9.48. The predicted molar refractivity (Wildman–Crippen MR) is 72.5 cm³/mol. The minimum absolute atomic E-state index is 0.118. The molecule has 96 valence electrons. The molecule has 0 aliphatic carbocycles. The maximum Gasteiger partial charge on any atom is 0.0652 e. The molecule has 0 radical (unpaired) electrons. The van der Waals surface area contributed by atoms with Crippen LogP contribution in [0.5, 0.6) is 0 Å². The molecule has 0 aliphatic rings. The molecule has 0 rings (SSSR count). The van der Waals surface area contributed by atoms with Crippen molar-refractivity contribution in [1.82, 2.24) is 0 Å². The van der Waals surface area contributed by atoms with Crippen molar-refractivity contribution in [1.29, 1.82) is 0 Å². The van der Waals surface area contributed by atoms with Crippen molar-refractivity contribution < 1.29 is 10.2 Å². The molecule has 0 bridgehead atoms. The Bertz CT molecular complexity index is 295. The van der Waals surface area contributed by atoms with Gasteiger partial charge in [-0.3, -0.25) is 0 Å². The molecule has 0 aromatic rings. The smallest absolute Gasteiger partial charge is 0.0652 e. The van der Waals surface area contributed by atoms with Crippen molar-refractivity contribution >= 4 is 0 Å². The van der Waals surface area contributed by atoms with Crippen LogP contribution in [0, 0.1) is 12.3 Å². The van der Waals surface area contributed by atoms with Gasteiger partial charge in [0.25, 0.3) is 0 Å². The average molecular weight is 236 g/mol. The van der Waals surface area contributed by atoms with E-state index in [-0.39, 0.29) is 12.7 Å². The monoisotopic (exact) mass is 236 g/mol. The lowest BCUT2D eigenvalue weighted by molar-refractivity contribution is 0.170. The van der Waals surface area contributed by atoms with Gasteiger partial charge < -0.3 is 10.2 Å². The van der Waals surface area contributed by atoms with Crippen molar-refractivity contribution in [3.63, 3.8) is 0 Å². The van der Waals surface area contributed by atoms with Crippen LogP contribution >= 0.6 is 0 Å². The average Bonchev–Trinajstić information content (AvgIpc) is 2.27. The third-order valence-corrected chi connectivity index (χ3v) is 2.70. The van der Waals surface area contributed by atoms with Crippen LogP contribution in [0.1, 0.15) is 46.0 Å². The topological polar surface area (TPSA) is 40.5 Å². The molecule has 2 heteroatoms. The summed E-state index contributed by atoms with van der Waals surface area (Å²) in [5, 5.41) is 18.2. The van der Waals surface area contributed by atoms with E-state index in [1.807, 2.05) is 13.0 Å². The molecule has 0 amide bonds. The van der Waals surface area contributed by atoms with Crippen LogP contribution < -0.4 is 0 Å². The van der Waals surface area contributed by atoms with E-state index >= 15 is 0 Å². The zero-order valence-corrected chi connectivity index (χ0v) is 10.9. The summed E-state index contributed by atoms with van der Waals surface area (Å²) in [7, 11) is 0. The second-order valence-corrected chi connectivity index (χ2v) is 4.42. The molecule has 2 N–H and O–H groups in total. The first-order chi connectivity index (χ1) is 8.10. The third kappa shape index (κ3) is 9.86. The molecule has 0 aromatic carbocycles. The molecule has 0 heterocycles. The third-order valence-electron chi connectivity index (χ3n) is 2.70. The van der Waals surface area contributed by atoms with Crippen LogP contribution in [0.4, 0.5) is 0 Å². The summed E-state index contributed by atoms with van der Waals surface area (Å²) in [6.07, 6.45) is 12.8. The van der Waals surface area contributed by atoms with Crippen LogP contribution in [0.2, 0.25) is 0 Å². The lowest BCUT2D eigenvalue weighted by Crippen LogP contribution is -2.04. The van der Waals surface area contributed by atoms with Crippen molar-refractivity contribution in [3.8, 4) is 12.3 Å². The van der Waals surface area contributed by atoms with Crippen molar-refractivity contribution in [2.24, 2.45) is 0 Å². The minimum Gasteiger partial charge on any atom is -0.392 e. The number of aliphatic hydroxyl groups is 2. The SMILES string of the molecule is C#CCC(O)CCC(C)=CCCC(C)=CCO. The van der Waals surface area contributed by atoms with Gasteiger partial charge in [0.05, 0.1) is 12.7 Å². The largest absolute Gasteiger partial charge is 0.392 e. The van der Waals surface area contributed by atoms with E-state index in [0.29, 0.717) is 6.42 Å². The molecule has 0 saturated carbocycles. The molecule has 0 fully saturated rings. The first-order valence-electron chi connectivity index (χ1n) is 6.13. The summed E-state index contributed by atoms with van der Waals surface area (Å²) in [6.45, 7) is 4.22. The fourth-order valence-corrected chi connectivity index (χ4v) is 1.54. The Kier molecular flexibility index (Phi) is 9.52. The quantitative estimate of drug-likeness (QED) is 0.502. The first kappa shape index (κ1) is 16.0. The normalized spacial score (nSPS) is 14.5. The van der Waals surface area contributed by atoms with Gasteiger partial charge in [0.15, 0.2) is 0 Å². The van der Waals surface area contributed by atoms with Gasteiger partial charge in [-0.25, -0.2) is 0 Å². The molecule has 0 saturated heterocycles. The van der Waals surface area contributed by atoms with Gasteiger partial charge in [-0.05, 0) is 39.5 Å². The lowest BCUT2D eigenvalue weighted by atomic mass is 10.0. The second-order valence-electron chi connectivity index (χ2n) is 4.42. The van der Waals surface area contributed by atoms with E-state index in [2.05, 4.69) is 18.9 Å². The van der Waals surface area contributed by atoms with E-state index < -0.39 is 0 Å². The molecule has 17 heavy (non-hydrogen) atoms. The summed E-state index contributed by atoms with van der Waals surface area (Å²) >= 11 is 0. The van der Waals surface area contributed by atoms with Gasteiger partial charge in [0, 0.05) is 6.42 Å². The number of hydrogen-bond donors (Lipinski definition) is 2. The number of terminal acetylenes is 1.